The van der Waals surface area contributed by atoms with E-state index in [4.69, 9.17) is 11.5 Å². The fourth-order valence-corrected chi connectivity index (χ4v) is 1.12. The summed E-state index contributed by atoms with van der Waals surface area (Å²) < 4.78 is 0. The standard InChI is InChI=1S/2C7H8N.CH4.U.V/c1-6-2-4-7(8)5-3-6;1-6-3-2-4-7(8)5-6;;;/h2*2,4-5H,8H2,1H3;1H4;;/q2*-1;;;. The summed E-state index contributed by atoms with van der Waals surface area (Å²) in [5.41, 5.74) is 14.6. The Hall–Kier alpha value is -0.324. The fraction of sp³-hybridized carbons (Fsp3) is 0.200. The maximum atomic E-state index is 5.44. The summed E-state index contributed by atoms with van der Waals surface area (Å²) in [5.74, 6) is 0. The zero-order valence-corrected chi connectivity index (χ0v) is 16.1. The number of hydrogen-bond donors (Lipinski definition) is 2. The smallest absolute Gasteiger partial charge is 0 e. The van der Waals surface area contributed by atoms with Crippen LogP contribution in [-0.2, 0) is 18.6 Å². The topological polar surface area (TPSA) is 52.0 Å². The summed E-state index contributed by atoms with van der Waals surface area (Å²) in [7, 11) is 0. The van der Waals surface area contributed by atoms with Crippen molar-refractivity contribution in [3.63, 3.8) is 0 Å². The van der Waals surface area contributed by atoms with Crippen LogP contribution >= 0.6 is 0 Å². The maximum Gasteiger partial charge on any atom is 0 e. The van der Waals surface area contributed by atoms with Crippen molar-refractivity contribution in [1.82, 2.24) is 0 Å². The van der Waals surface area contributed by atoms with Crippen molar-refractivity contribution in [2.24, 2.45) is 0 Å². The number of nitrogens with two attached hydrogens (primary N) is 2. The summed E-state index contributed by atoms with van der Waals surface area (Å²) in [6, 6.07) is 17.1. The Morgan fingerprint density at radius 1 is 0.895 bits per heavy atom. The largest absolute Gasteiger partial charge is 0.449 e. The van der Waals surface area contributed by atoms with Gasteiger partial charge in [-0.2, -0.15) is 47.5 Å². The van der Waals surface area contributed by atoms with E-state index in [9.17, 15) is 0 Å². The molecule has 0 fully saturated rings. The average Bonchev–Trinajstić information content (AvgIpc) is 2.23. The third-order valence-corrected chi connectivity index (χ3v) is 1.96. The number of hydrogen-bond acceptors (Lipinski definition) is 2. The van der Waals surface area contributed by atoms with Crippen molar-refractivity contribution in [2.75, 3.05) is 11.5 Å². The van der Waals surface area contributed by atoms with Crippen molar-refractivity contribution < 1.29 is 49.7 Å². The maximum absolute atomic E-state index is 5.44. The van der Waals surface area contributed by atoms with Crippen molar-refractivity contribution in [3.8, 4) is 0 Å². The number of anilines is 2. The van der Waals surface area contributed by atoms with Gasteiger partial charge < -0.3 is 11.5 Å². The monoisotopic (exact) mass is 517 g/mol. The zero-order valence-electron chi connectivity index (χ0n) is 10.6. The Kier molecular flexibility index (Phi) is 15.9. The van der Waals surface area contributed by atoms with Gasteiger partial charge in [0.25, 0.3) is 0 Å². The van der Waals surface area contributed by atoms with Gasteiger partial charge in [0.2, 0.25) is 0 Å². The van der Waals surface area contributed by atoms with Gasteiger partial charge in [0.05, 0.1) is 0 Å². The quantitative estimate of drug-likeness (QED) is 0.416. The predicted molar refractivity (Wildman–Crippen MR) is 75.6 cm³/mol. The minimum atomic E-state index is 0. The van der Waals surface area contributed by atoms with Crippen LogP contribution in [0.4, 0.5) is 11.4 Å². The molecule has 4 N–H and O–H groups in total. The first kappa shape index (κ1) is 23.7. The van der Waals surface area contributed by atoms with E-state index >= 15 is 0 Å². The van der Waals surface area contributed by atoms with Gasteiger partial charge in [0, 0.05) is 49.7 Å². The van der Waals surface area contributed by atoms with Gasteiger partial charge in [-0.15, -0.1) is 12.1 Å². The molecule has 0 spiro atoms. The van der Waals surface area contributed by atoms with E-state index in [2.05, 4.69) is 12.1 Å². The van der Waals surface area contributed by atoms with Crippen LogP contribution in [-0.4, -0.2) is 0 Å². The van der Waals surface area contributed by atoms with Gasteiger partial charge >= 0.3 is 0 Å². The van der Waals surface area contributed by atoms with Crippen LogP contribution in [0.2, 0.25) is 0 Å². The molecule has 0 aliphatic heterocycles. The molecule has 0 heterocycles. The molecular formula is C15H20N2UV-2. The van der Waals surface area contributed by atoms with Gasteiger partial charge in [-0.25, -0.2) is 0 Å². The van der Waals surface area contributed by atoms with E-state index in [1.54, 1.807) is 6.07 Å². The molecule has 0 amide bonds. The Labute approximate surface area is 152 Å². The van der Waals surface area contributed by atoms with Gasteiger partial charge in [-0.05, 0) is 0 Å². The first-order valence-electron chi connectivity index (χ1n) is 5.05. The molecule has 0 unspecified atom stereocenters. The molecule has 1 radical (unpaired) electrons. The molecule has 2 nitrogen and oxygen atoms in total. The molecule has 19 heavy (non-hydrogen) atoms. The molecule has 101 valence electrons. The molecule has 2 rings (SSSR count). The van der Waals surface area contributed by atoms with E-state index < -0.39 is 0 Å². The van der Waals surface area contributed by atoms with Crippen LogP contribution in [0.15, 0.2) is 36.4 Å². The molecule has 2 aromatic carbocycles. The van der Waals surface area contributed by atoms with E-state index in [1.165, 1.54) is 0 Å². The second-order valence-corrected chi connectivity index (χ2v) is 3.61. The Balaban J connectivity index is -0.000000233. The van der Waals surface area contributed by atoms with Crippen LogP contribution in [0.25, 0.3) is 0 Å². The third kappa shape index (κ3) is 11.2. The summed E-state index contributed by atoms with van der Waals surface area (Å²) in [6.45, 7) is 3.95. The third-order valence-electron chi connectivity index (χ3n) is 1.96. The number of nitrogen functional groups attached to an aromatic ring is 2. The molecule has 0 aliphatic carbocycles. The second kappa shape index (κ2) is 12.7. The SMILES string of the molecule is C.Cc1[c-]cc(N)cc1.Cc1[c-]ccc(N)c1.[U].[V]. The Morgan fingerprint density at radius 3 is 1.84 bits per heavy atom. The Bertz CT molecular complexity index is 406. The van der Waals surface area contributed by atoms with Crippen LogP contribution in [0.5, 0.6) is 0 Å². The number of benzene rings is 2. The van der Waals surface area contributed by atoms with Crippen molar-refractivity contribution in [1.29, 1.82) is 0 Å². The van der Waals surface area contributed by atoms with Crippen LogP contribution in [0.3, 0.4) is 0 Å². The molecule has 0 saturated carbocycles. The van der Waals surface area contributed by atoms with Gasteiger partial charge in [0.15, 0.2) is 0 Å². The average molecular weight is 517 g/mol. The molecule has 0 aliphatic rings. The fourth-order valence-electron chi connectivity index (χ4n) is 1.12. The van der Waals surface area contributed by atoms with Crippen LogP contribution in [0.1, 0.15) is 18.6 Å². The molecule has 0 bridgehead atoms. The second-order valence-electron chi connectivity index (χ2n) is 3.61. The van der Waals surface area contributed by atoms with E-state index in [-0.39, 0.29) is 57.1 Å². The summed E-state index contributed by atoms with van der Waals surface area (Å²) in [6.07, 6.45) is 0. The predicted octanol–water partition coefficient (Wildman–Crippen LogP) is 3.39. The first-order chi connectivity index (χ1) is 7.58. The minimum absolute atomic E-state index is 0. The zero-order chi connectivity index (χ0) is 12.0. The summed E-state index contributed by atoms with van der Waals surface area (Å²) >= 11 is 0. The van der Waals surface area contributed by atoms with E-state index in [0.717, 1.165) is 22.5 Å². The van der Waals surface area contributed by atoms with Crippen molar-refractivity contribution in [3.05, 3.63) is 59.7 Å². The minimum Gasteiger partial charge on any atom is -0.449 e. The van der Waals surface area contributed by atoms with E-state index in [1.807, 2.05) is 44.2 Å². The molecule has 0 atom stereocenters. The van der Waals surface area contributed by atoms with E-state index in [0.29, 0.717) is 0 Å². The first-order valence-corrected chi connectivity index (χ1v) is 5.05. The number of aryl methyl sites for hydroxylation is 2. The molecule has 4 heteroatoms. The van der Waals surface area contributed by atoms with Crippen molar-refractivity contribution >= 4 is 11.4 Å². The van der Waals surface area contributed by atoms with Gasteiger partial charge in [-0.3, -0.25) is 0 Å². The normalized spacial score (nSPS) is 7.68. The molecule has 2 aromatic rings. The summed E-state index contributed by atoms with van der Waals surface area (Å²) in [4.78, 5) is 0. The molecule has 0 aromatic heterocycles. The summed E-state index contributed by atoms with van der Waals surface area (Å²) in [5, 5.41) is 0. The van der Waals surface area contributed by atoms with Gasteiger partial charge in [0.1, 0.15) is 0 Å². The Morgan fingerprint density at radius 2 is 1.53 bits per heavy atom. The molecule has 0 saturated heterocycles. The number of rotatable bonds is 0. The van der Waals surface area contributed by atoms with Gasteiger partial charge in [-0.1, -0.05) is 32.6 Å². The van der Waals surface area contributed by atoms with Crippen LogP contribution in [0, 0.1) is 57.1 Å². The van der Waals surface area contributed by atoms with Crippen molar-refractivity contribution in [2.45, 2.75) is 21.3 Å². The van der Waals surface area contributed by atoms with Crippen LogP contribution < -0.4 is 11.5 Å². The molecular weight excluding hydrogens is 497 g/mol.